The second kappa shape index (κ2) is 6.15. The Labute approximate surface area is 134 Å². The molecule has 0 N–H and O–H groups in total. The van der Waals surface area contributed by atoms with E-state index in [1.54, 1.807) is 0 Å². The minimum Gasteiger partial charge on any atom is -0.293 e. The lowest BCUT2D eigenvalue weighted by molar-refractivity contribution is 0.0850. The first-order valence-corrected chi connectivity index (χ1v) is 8.46. The molecule has 1 aliphatic rings. The van der Waals surface area contributed by atoms with Crippen molar-refractivity contribution in [2.45, 2.75) is 35.9 Å². The molecule has 0 aliphatic heterocycles. The van der Waals surface area contributed by atoms with Crippen LogP contribution < -0.4 is 0 Å². The molecule has 0 amide bonds. The quantitative estimate of drug-likeness (QED) is 0.557. The van der Waals surface area contributed by atoms with Gasteiger partial charge in [-0.15, -0.1) is 0 Å². The summed E-state index contributed by atoms with van der Waals surface area (Å²) in [5.74, 6) is 0.246. The molecule has 2 aromatic carbocycles. The van der Waals surface area contributed by atoms with E-state index in [4.69, 9.17) is 0 Å². The molecule has 2 heteroatoms. The van der Waals surface area contributed by atoms with Gasteiger partial charge in [-0.2, -0.15) is 0 Å². The Balaban J connectivity index is 2.11. The van der Waals surface area contributed by atoms with Crippen LogP contribution in [0.4, 0.5) is 0 Å². The van der Waals surface area contributed by atoms with Crippen LogP contribution in [0.25, 0.3) is 0 Å². The van der Waals surface area contributed by atoms with Gasteiger partial charge in [-0.25, -0.2) is 0 Å². The van der Waals surface area contributed by atoms with Gasteiger partial charge in [0.15, 0.2) is 5.78 Å². The summed E-state index contributed by atoms with van der Waals surface area (Å²) < 4.78 is 0. The molecule has 1 nitrogen and oxygen atoms in total. The van der Waals surface area contributed by atoms with E-state index in [-0.39, 0.29) is 10.6 Å². The van der Waals surface area contributed by atoms with Gasteiger partial charge in [-0.05, 0) is 18.4 Å². The van der Waals surface area contributed by atoms with Crippen molar-refractivity contribution in [3.05, 3.63) is 71.8 Å². The summed E-state index contributed by atoms with van der Waals surface area (Å²) >= 11 is 3.83. The van der Waals surface area contributed by atoms with Crippen molar-refractivity contribution >= 4 is 21.7 Å². The zero-order chi connectivity index (χ0) is 14.7. The summed E-state index contributed by atoms with van der Waals surface area (Å²) in [6.45, 7) is 0. The molecule has 1 saturated carbocycles. The largest absolute Gasteiger partial charge is 0.293 e. The van der Waals surface area contributed by atoms with Crippen molar-refractivity contribution in [3.63, 3.8) is 0 Å². The highest BCUT2D eigenvalue weighted by atomic mass is 79.9. The van der Waals surface area contributed by atoms with E-state index >= 15 is 0 Å². The normalized spacial score (nSPS) is 25.5. The summed E-state index contributed by atoms with van der Waals surface area (Å²) in [4.78, 5) is 13.5. The lowest BCUT2D eigenvalue weighted by atomic mass is 9.65. The molecule has 0 heterocycles. The lowest BCUT2D eigenvalue weighted by Gasteiger charge is -2.41. The highest BCUT2D eigenvalue weighted by Crippen LogP contribution is 2.45. The van der Waals surface area contributed by atoms with Gasteiger partial charge in [0, 0.05) is 10.4 Å². The third-order valence-corrected chi connectivity index (χ3v) is 5.78. The average Bonchev–Trinajstić information content (AvgIpc) is 2.56. The van der Waals surface area contributed by atoms with Gasteiger partial charge < -0.3 is 0 Å². The summed E-state index contributed by atoms with van der Waals surface area (Å²) in [6.07, 6.45) is 4.26. The summed E-state index contributed by atoms with van der Waals surface area (Å²) in [6, 6.07) is 20.0. The molecule has 0 aromatic heterocycles. The van der Waals surface area contributed by atoms with Gasteiger partial charge in [-0.3, -0.25) is 4.79 Å². The predicted molar refractivity (Wildman–Crippen MR) is 90.1 cm³/mol. The first kappa shape index (κ1) is 14.5. The Morgan fingerprint density at radius 3 is 2.19 bits per heavy atom. The van der Waals surface area contributed by atoms with Crippen LogP contribution in [0.2, 0.25) is 0 Å². The molecule has 108 valence electrons. The number of hydrogen-bond donors (Lipinski definition) is 0. The fraction of sp³-hybridized carbons (Fsp3) is 0.316. The molecule has 0 spiro atoms. The second-order valence-electron chi connectivity index (χ2n) is 5.75. The Bertz CT molecular complexity index is 608. The number of benzene rings is 2. The molecule has 2 aromatic rings. The molecule has 21 heavy (non-hydrogen) atoms. The van der Waals surface area contributed by atoms with Crippen LogP contribution in [0.5, 0.6) is 0 Å². The van der Waals surface area contributed by atoms with Crippen LogP contribution in [0.1, 0.15) is 41.6 Å². The zero-order valence-electron chi connectivity index (χ0n) is 12.0. The Morgan fingerprint density at radius 1 is 0.952 bits per heavy atom. The van der Waals surface area contributed by atoms with Crippen molar-refractivity contribution < 1.29 is 4.79 Å². The van der Waals surface area contributed by atoms with Gasteiger partial charge in [-0.1, -0.05) is 89.4 Å². The van der Waals surface area contributed by atoms with Gasteiger partial charge >= 0.3 is 0 Å². The summed E-state index contributed by atoms with van der Waals surface area (Å²) in [7, 11) is 0. The number of hydrogen-bond acceptors (Lipinski definition) is 1. The molecular weight excluding hydrogens is 324 g/mol. The van der Waals surface area contributed by atoms with Gasteiger partial charge in [0.2, 0.25) is 0 Å². The van der Waals surface area contributed by atoms with Crippen LogP contribution in [0, 0.1) is 0 Å². The maximum Gasteiger partial charge on any atom is 0.174 e. The van der Waals surface area contributed by atoms with Crippen molar-refractivity contribution in [1.82, 2.24) is 0 Å². The first-order valence-electron chi connectivity index (χ1n) is 7.54. The molecule has 0 saturated heterocycles. The van der Waals surface area contributed by atoms with Gasteiger partial charge in [0.05, 0.1) is 5.41 Å². The van der Waals surface area contributed by atoms with Crippen LogP contribution in [0.15, 0.2) is 60.7 Å². The lowest BCUT2D eigenvalue weighted by Crippen LogP contribution is -2.46. The molecule has 0 bridgehead atoms. The fourth-order valence-corrected chi connectivity index (χ4v) is 4.45. The summed E-state index contributed by atoms with van der Waals surface area (Å²) in [5.41, 5.74) is 1.52. The highest BCUT2D eigenvalue weighted by molar-refractivity contribution is 9.09. The zero-order valence-corrected chi connectivity index (χ0v) is 13.6. The Kier molecular flexibility index (Phi) is 4.25. The first-order chi connectivity index (χ1) is 10.2. The topological polar surface area (TPSA) is 17.1 Å². The molecule has 3 rings (SSSR count). The highest BCUT2D eigenvalue weighted by Gasteiger charge is 2.47. The minimum absolute atomic E-state index is 0.203. The Morgan fingerprint density at radius 2 is 1.57 bits per heavy atom. The fourth-order valence-electron chi connectivity index (χ4n) is 3.43. The number of halogens is 1. The SMILES string of the molecule is O=C(c1ccccc1)[C@@]1(c2ccccc2)CCCCC1Br. The number of alkyl halides is 1. The van der Waals surface area contributed by atoms with Gasteiger partial charge in [0.25, 0.3) is 0 Å². The van der Waals surface area contributed by atoms with Gasteiger partial charge in [0.1, 0.15) is 0 Å². The van der Waals surface area contributed by atoms with E-state index in [2.05, 4.69) is 28.1 Å². The Hall–Kier alpha value is -1.41. The number of carbonyl (C=O) groups is 1. The standard InChI is InChI=1S/C19H19BrO/c20-17-13-7-8-14-19(17,16-11-5-2-6-12-16)18(21)15-9-3-1-4-10-15/h1-6,9-12,17H,7-8,13-14H2/t17?,19-/m1/s1. The number of ketones is 1. The number of carbonyl (C=O) groups excluding carboxylic acids is 1. The van der Waals surface area contributed by atoms with Crippen LogP contribution in [-0.4, -0.2) is 10.6 Å². The third kappa shape index (κ3) is 2.57. The van der Waals surface area contributed by atoms with E-state index < -0.39 is 5.41 Å². The predicted octanol–water partition coefficient (Wildman–Crippen LogP) is 5.14. The van der Waals surface area contributed by atoms with Crippen LogP contribution >= 0.6 is 15.9 Å². The monoisotopic (exact) mass is 342 g/mol. The van der Waals surface area contributed by atoms with E-state index in [0.717, 1.165) is 30.4 Å². The van der Waals surface area contributed by atoms with Crippen molar-refractivity contribution in [3.8, 4) is 0 Å². The maximum absolute atomic E-state index is 13.3. The van der Waals surface area contributed by atoms with Crippen molar-refractivity contribution in [1.29, 1.82) is 0 Å². The average molecular weight is 343 g/mol. The number of Topliss-reactive ketones (excluding diaryl/α,β-unsaturated/α-hetero) is 1. The summed E-state index contributed by atoms with van der Waals surface area (Å²) in [5, 5.41) is 0. The van der Waals surface area contributed by atoms with Crippen LogP contribution in [0.3, 0.4) is 0 Å². The number of rotatable bonds is 3. The smallest absolute Gasteiger partial charge is 0.174 e. The van der Waals surface area contributed by atoms with Crippen molar-refractivity contribution in [2.24, 2.45) is 0 Å². The van der Waals surface area contributed by atoms with Crippen molar-refractivity contribution in [2.75, 3.05) is 0 Å². The molecule has 1 unspecified atom stereocenters. The van der Waals surface area contributed by atoms with E-state index in [9.17, 15) is 4.79 Å². The molecule has 0 radical (unpaired) electrons. The third-order valence-electron chi connectivity index (χ3n) is 4.54. The molecule has 2 atom stereocenters. The molecular formula is C19H19BrO. The molecule has 1 fully saturated rings. The van der Waals surface area contributed by atoms with Crippen LogP contribution in [-0.2, 0) is 5.41 Å². The van der Waals surface area contributed by atoms with E-state index in [0.29, 0.717) is 0 Å². The minimum atomic E-state index is -0.430. The van der Waals surface area contributed by atoms with E-state index in [1.165, 1.54) is 6.42 Å². The second-order valence-corrected chi connectivity index (χ2v) is 6.85. The molecule has 1 aliphatic carbocycles. The van der Waals surface area contributed by atoms with E-state index in [1.807, 2.05) is 48.5 Å². The maximum atomic E-state index is 13.3.